The summed E-state index contributed by atoms with van der Waals surface area (Å²) >= 11 is 3.45. The van der Waals surface area contributed by atoms with Crippen molar-refractivity contribution in [2.24, 2.45) is 0 Å². The minimum atomic E-state index is -0.0227. The first-order valence-corrected chi connectivity index (χ1v) is 9.47. The molecule has 0 saturated heterocycles. The number of carbonyl (C=O) groups excluding carboxylic acids is 1. The van der Waals surface area contributed by atoms with E-state index in [0.29, 0.717) is 13.1 Å². The lowest BCUT2D eigenvalue weighted by molar-refractivity contribution is 0.0952. The number of aromatic nitrogens is 2. The van der Waals surface area contributed by atoms with Gasteiger partial charge in [0.1, 0.15) is 5.82 Å². The zero-order valence-corrected chi connectivity index (χ0v) is 16.4. The molecule has 2 aromatic carbocycles. The summed E-state index contributed by atoms with van der Waals surface area (Å²) in [5.41, 5.74) is 3.81. The molecule has 0 bridgehead atoms. The third-order valence-electron chi connectivity index (χ3n) is 4.32. The number of allylic oxidation sites excluding steroid dienone is 1. The first kappa shape index (κ1) is 18.4. The summed E-state index contributed by atoms with van der Waals surface area (Å²) in [6.45, 7) is 7.20. The van der Waals surface area contributed by atoms with Gasteiger partial charge in [-0.2, -0.15) is 0 Å². The number of nitrogens with one attached hydrogen (secondary N) is 1. The lowest BCUT2D eigenvalue weighted by Crippen LogP contribution is -2.25. The highest BCUT2D eigenvalue weighted by Crippen LogP contribution is 2.19. The Morgan fingerprint density at radius 2 is 1.92 bits per heavy atom. The molecule has 0 unspecified atom stereocenters. The Labute approximate surface area is 162 Å². The monoisotopic (exact) mass is 411 g/mol. The second-order valence-corrected chi connectivity index (χ2v) is 7.42. The molecule has 1 aromatic heterocycles. The van der Waals surface area contributed by atoms with E-state index in [4.69, 9.17) is 4.98 Å². The molecule has 1 N–H and O–H groups in total. The number of imidazole rings is 1. The van der Waals surface area contributed by atoms with E-state index in [1.807, 2.05) is 49.4 Å². The number of para-hydroxylation sites is 2. The Morgan fingerprint density at radius 3 is 2.69 bits per heavy atom. The highest BCUT2D eigenvalue weighted by Gasteiger charge is 2.11. The fourth-order valence-electron chi connectivity index (χ4n) is 3.04. The SMILES string of the molecule is C=C(Br)Cn1c(CCCNC(=O)c2ccccc2C)nc2ccccc21. The Morgan fingerprint density at radius 1 is 1.19 bits per heavy atom. The molecule has 26 heavy (non-hydrogen) atoms. The van der Waals surface area contributed by atoms with Gasteiger partial charge in [0.15, 0.2) is 0 Å². The zero-order chi connectivity index (χ0) is 18.5. The minimum Gasteiger partial charge on any atom is -0.352 e. The maximum Gasteiger partial charge on any atom is 0.251 e. The summed E-state index contributed by atoms with van der Waals surface area (Å²) < 4.78 is 3.09. The van der Waals surface area contributed by atoms with Gasteiger partial charge >= 0.3 is 0 Å². The largest absolute Gasteiger partial charge is 0.352 e. The summed E-state index contributed by atoms with van der Waals surface area (Å²) in [5, 5.41) is 3.00. The predicted molar refractivity (Wildman–Crippen MR) is 110 cm³/mol. The highest BCUT2D eigenvalue weighted by molar-refractivity contribution is 9.11. The van der Waals surface area contributed by atoms with Gasteiger partial charge in [0.25, 0.3) is 5.91 Å². The van der Waals surface area contributed by atoms with Crippen LogP contribution in [0.1, 0.15) is 28.2 Å². The fourth-order valence-corrected chi connectivity index (χ4v) is 3.29. The lowest BCUT2D eigenvalue weighted by Gasteiger charge is -2.09. The van der Waals surface area contributed by atoms with Crippen molar-refractivity contribution in [3.63, 3.8) is 0 Å². The second-order valence-electron chi connectivity index (χ2n) is 6.29. The average molecular weight is 412 g/mol. The molecule has 0 spiro atoms. The predicted octanol–water partition coefficient (Wildman–Crippen LogP) is 4.62. The van der Waals surface area contributed by atoms with E-state index >= 15 is 0 Å². The van der Waals surface area contributed by atoms with Crippen LogP contribution in [0, 0.1) is 6.92 Å². The number of amides is 1. The standard InChI is InChI=1S/C21H22BrN3O/c1-15-8-3-4-9-17(15)21(26)23-13-7-12-20-24-18-10-5-6-11-19(18)25(20)14-16(2)22/h3-6,8-11H,2,7,12-14H2,1H3,(H,23,26). The second kappa shape index (κ2) is 8.32. The van der Waals surface area contributed by atoms with Gasteiger partial charge in [-0.1, -0.05) is 52.8 Å². The summed E-state index contributed by atoms with van der Waals surface area (Å²) in [5.74, 6) is 0.988. The number of aryl methyl sites for hydroxylation is 2. The van der Waals surface area contributed by atoms with Gasteiger partial charge in [-0.05, 0) is 37.1 Å². The number of hydrogen-bond donors (Lipinski definition) is 1. The summed E-state index contributed by atoms with van der Waals surface area (Å²) in [6.07, 6.45) is 1.62. The van der Waals surface area contributed by atoms with Gasteiger partial charge in [-0.3, -0.25) is 4.79 Å². The average Bonchev–Trinajstić information content (AvgIpc) is 2.96. The van der Waals surface area contributed by atoms with E-state index in [1.54, 1.807) is 0 Å². The number of fused-ring (bicyclic) bond motifs is 1. The van der Waals surface area contributed by atoms with Crippen LogP contribution < -0.4 is 5.32 Å². The molecule has 0 aliphatic rings. The van der Waals surface area contributed by atoms with Gasteiger partial charge in [0.2, 0.25) is 0 Å². The maximum absolute atomic E-state index is 12.3. The third-order valence-corrected chi connectivity index (χ3v) is 4.57. The Kier molecular flexibility index (Phi) is 5.89. The van der Waals surface area contributed by atoms with Crippen LogP contribution in [0.25, 0.3) is 11.0 Å². The van der Waals surface area contributed by atoms with Crippen molar-refractivity contribution in [3.8, 4) is 0 Å². The molecule has 5 heteroatoms. The van der Waals surface area contributed by atoms with Crippen molar-refractivity contribution in [1.82, 2.24) is 14.9 Å². The third kappa shape index (κ3) is 4.22. The van der Waals surface area contributed by atoms with E-state index in [9.17, 15) is 4.79 Å². The molecule has 3 rings (SSSR count). The first-order chi connectivity index (χ1) is 12.6. The van der Waals surface area contributed by atoms with Crippen molar-refractivity contribution in [2.75, 3.05) is 6.54 Å². The first-order valence-electron chi connectivity index (χ1n) is 8.67. The van der Waals surface area contributed by atoms with Crippen molar-refractivity contribution in [2.45, 2.75) is 26.3 Å². The van der Waals surface area contributed by atoms with E-state index in [0.717, 1.165) is 45.3 Å². The lowest BCUT2D eigenvalue weighted by atomic mass is 10.1. The van der Waals surface area contributed by atoms with E-state index in [1.165, 1.54) is 0 Å². The van der Waals surface area contributed by atoms with Crippen LogP contribution in [0.4, 0.5) is 0 Å². The van der Waals surface area contributed by atoms with Gasteiger partial charge in [-0.25, -0.2) is 4.98 Å². The highest BCUT2D eigenvalue weighted by atomic mass is 79.9. The number of rotatable bonds is 7. The molecule has 4 nitrogen and oxygen atoms in total. The molecule has 0 fully saturated rings. The summed E-state index contributed by atoms with van der Waals surface area (Å²) in [7, 11) is 0. The molecule has 134 valence electrons. The van der Waals surface area contributed by atoms with Crippen LogP contribution in [0.3, 0.4) is 0 Å². The molecule has 1 heterocycles. The van der Waals surface area contributed by atoms with Gasteiger partial charge in [0.05, 0.1) is 17.6 Å². The Bertz CT molecular complexity index is 945. The van der Waals surface area contributed by atoms with Crippen molar-refractivity contribution < 1.29 is 4.79 Å². The van der Waals surface area contributed by atoms with Crippen LogP contribution in [0.5, 0.6) is 0 Å². The Balaban J connectivity index is 1.64. The molecular weight excluding hydrogens is 390 g/mol. The zero-order valence-electron chi connectivity index (χ0n) is 14.8. The number of hydrogen-bond acceptors (Lipinski definition) is 2. The molecule has 0 aliphatic heterocycles. The van der Waals surface area contributed by atoms with Crippen LogP contribution in [-0.2, 0) is 13.0 Å². The van der Waals surface area contributed by atoms with Crippen molar-refractivity contribution in [1.29, 1.82) is 0 Å². The number of nitrogens with zero attached hydrogens (tertiary/aromatic N) is 2. The summed E-state index contributed by atoms with van der Waals surface area (Å²) in [4.78, 5) is 17.0. The van der Waals surface area contributed by atoms with E-state index < -0.39 is 0 Å². The van der Waals surface area contributed by atoms with Crippen LogP contribution >= 0.6 is 15.9 Å². The number of benzene rings is 2. The van der Waals surface area contributed by atoms with Gasteiger partial charge in [0, 0.05) is 23.0 Å². The quantitative estimate of drug-likeness (QED) is 0.576. The molecular formula is C21H22BrN3O. The molecule has 0 radical (unpaired) electrons. The molecule has 1 amide bonds. The van der Waals surface area contributed by atoms with E-state index in [-0.39, 0.29) is 5.91 Å². The van der Waals surface area contributed by atoms with Crippen molar-refractivity contribution >= 4 is 32.9 Å². The molecule has 0 saturated carbocycles. The fraction of sp³-hybridized carbons (Fsp3) is 0.238. The maximum atomic E-state index is 12.3. The minimum absolute atomic E-state index is 0.0227. The molecule has 0 aliphatic carbocycles. The van der Waals surface area contributed by atoms with Crippen molar-refractivity contribution in [3.05, 3.63) is 76.5 Å². The smallest absolute Gasteiger partial charge is 0.251 e. The Hall–Kier alpha value is -2.40. The van der Waals surface area contributed by atoms with Gasteiger partial charge < -0.3 is 9.88 Å². The summed E-state index contributed by atoms with van der Waals surface area (Å²) in [6, 6.07) is 15.7. The van der Waals surface area contributed by atoms with Crippen LogP contribution in [0.15, 0.2) is 59.6 Å². The van der Waals surface area contributed by atoms with Crippen LogP contribution in [-0.4, -0.2) is 22.0 Å². The number of carbonyl (C=O) groups is 1. The number of halogens is 1. The normalized spacial score (nSPS) is 10.8. The topological polar surface area (TPSA) is 46.9 Å². The van der Waals surface area contributed by atoms with Gasteiger partial charge in [-0.15, -0.1) is 0 Å². The molecule has 3 aromatic rings. The van der Waals surface area contributed by atoms with Crippen LogP contribution in [0.2, 0.25) is 0 Å². The van der Waals surface area contributed by atoms with E-state index in [2.05, 4.69) is 38.5 Å². The molecule has 0 atom stereocenters.